The summed E-state index contributed by atoms with van der Waals surface area (Å²) in [6.45, 7) is 10.5. The fourth-order valence-electron chi connectivity index (χ4n) is 5.88. The van der Waals surface area contributed by atoms with Crippen LogP contribution in [0.15, 0.2) is 88.2 Å². The second-order valence-electron chi connectivity index (χ2n) is 11.7. The van der Waals surface area contributed by atoms with E-state index in [9.17, 15) is 10.1 Å². The number of nitrogens with two attached hydrogens (primary N) is 1. The third-order valence-corrected chi connectivity index (χ3v) is 9.23. The van der Waals surface area contributed by atoms with Gasteiger partial charge in [-0.25, -0.2) is 0 Å². The lowest BCUT2D eigenvalue weighted by atomic mass is 9.68. The van der Waals surface area contributed by atoms with Gasteiger partial charge in [0.25, 0.3) is 0 Å². The summed E-state index contributed by atoms with van der Waals surface area (Å²) >= 11 is 7.81. The Labute approximate surface area is 246 Å². The molecule has 1 atom stereocenters. The van der Waals surface area contributed by atoms with Gasteiger partial charge in [-0.1, -0.05) is 55.3 Å². The first-order valence-corrected chi connectivity index (χ1v) is 14.9. The van der Waals surface area contributed by atoms with E-state index in [0.29, 0.717) is 34.8 Å². The first-order chi connectivity index (χ1) is 19.0. The lowest BCUT2D eigenvalue weighted by Crippen LogP contribution is -2.42. The molecule has 0 saturated heterocycles. The molecule has 2 aliphatic rings. The molecule has 0 aromatic heterocycles. The third kappa shape index (κ3) is 5.31. The van der Waals surface area contributed by atoms with Crippen molar-refractivity contribution in [1.82, 2.24) is 0 Å². The molecule has 0 saturated carbocycles. The standard InChI is InChI=1S/C34H34ClN3OS/c1-20-6-10-25(11-7-20)38-29-16-34(4,5)17-30(39)32(29)31(28(18-36)33(38)37)27-15-23(21(2)14-22(27)3)19-40-26-12-8-24(35)9-13-26/h6-15,31H,16-17,19,37H2,1-5H3. The minimum absolute atomic E-state index is 0.0886. The highest BCUT2D eigenvalue weighted by Crippen LogP contribution is 2.51. The van der Waals surface area contributed by atoms with E-state index in [2.05, 4.69) is 45.9 Å². The highest BCUT2D eigenvalue weighted by atomic mass is 35.5. The van der Waals surface area contributed by atoms with Crippen molar-refractivity contribution >= 4 is 34.8 Å². The van der Waals surface area contributed by atoms with Crippen molar-refractivity contribution in [1.29, 1.82) is 5.26 Å². The summed E-state index contributed by atoms with van der Waals surface area (Å²) in [6, 6.07) is 22.7. The SMILES string of the molecule is Cc1ccc(N2C(N)=C(C#N)C(c3cc(CSc4ccc(Cl)cc4)c(C)cc3C)C3=C2CC(C)(C)CC3=O)cc1. The fourth-order valence-corrected chi connectivity index (χ4v) is 6.97. The van der Waals surface area contributed by atoms with Gasteiger partial charge in [-0.05, 0) is 91.3 Å². The van der Waals surface area contributed by atoms with Gasteiger partial charge >= 0.3 is 0 Å². The number of nitriles is 1. The topological polar surface area (TPSA) is 70.1 Å². The van der Waals surface area contributed by atoms with Gasteiger partial charge in [0, 0.05) is 39.0 Å². The second kappa shape index (κ2) is 10.8. The number of hydrogen-bond donors (Lipinski definition) is 1. The summed E-state index contributed by atoms with van der Waals surface area (Å²) in [4.78, 5) is 17.0. The number of rotatable bonds is 5. The lowest BCUT2D eigenvalue weighted by Gasteiger charge is -2.44. The van der Waals surface area contributed by atoms with Gasteiger partial charge in [-0.15, -0.1) is 11.8 Å². The number of carbonyl (C=O) groups excluding carboxylic acids is 1. The monoisotopic (exact) mass is 567 g/mol. The predicted molar refractivity (Wildman–Crippen MR) is 165 cm³/mol. The molecule has 40 heavy (non-hydrogen) atoms. The van der Waals surface area contributed by atoms with Gasteiger partial charge in [-0.3, -0.25) is 9.69 Å². The van der Waals surface area contributed by atoms with E-state index >= 15 is 0 Å². The van der Waals surface area contributed by atoms with E-state index in [4.69, 9.17) is 17.3 Å². The van der Waals surface area contributed by atoms with E-state index in [0.717, 1.165) is 38.7 Å². The van der Waals surface area contributed by atoms with E-state index in [1.54, 1.807) is 11.8 Å². The quantitative estimate of drug-likeness (QED) is 0.313. The molecule has 6 heteroatoms. The van der Waals surface area contributed by atoms with Gasteiger partial charge < -0.3 is 5.73 Å². The van der Waals surface area contributed by atoms with E-state index in [1.165, 1.54) is 11.1 Å². The number of hydrogen-bond acceptors (Lipinski definition) is 5. The van der Waals surface area contributed by atoms with Crippen LogP contribution in [0.5, 0.6) is 0 Å². The van der Waals surface area contributed by atoms with Crippen molar-refractivity contribution in [3.63, 3.8) is 0 Å². The van der Waals surface area contributed by atoms with E-state index in [-0.39, 0.29) is 11.2 Å². The zero-order valence-corrected chi connectivity index (χ0v) is 25.2. The summed E-state index contributed by atoms with van der Waals surface area (Å²) in [5, 5.41) is 11.2. The molecule has 1 heterocycles. The van der Waals surface area contributed by atoms with Crippen molar-refractivity contribution in [2.45, 2.75) is 64.0 Å². The summed E-state index contributed by atoms with van der Waals surface area (Å²) in [5.41, 5.74) is 15.1. The Morgan fingerprint density at radius 3 is 2.35 bits per heavy atom. The highest BCUT2D eigenvalue weighted by Gasteiger charge is 2.45. The Morgan fingerprint density at radius 1 is 1.02 bits per heavy atom. The Morgan fingerprint density at radius 2 is 1.70 bits per heavy atom. The molecular weight excluding hydrogens is 534 g/mol. The lowest BCUT2D eigenvalue weighted by molar-refractivity contribution is -0.118. The predicted octanol–water partition coefficient (Wildman–Crippen LogP) is 8.50. The molecule has 0 radical (unpaired) electrons. The molecule has 3 aromatic carbocycles. The van der Waals surface area contributed by atoms with Crippen LogP contribution in [0.1, 0.15) is 60.4 Å². The number of allylic oxidation sites excluding steroid dienone is 3. The van der Waals surface area contributed by atoms with Crippen LogP contribution < -0.4 is 10.6 Å². The van der Waals surface area contributed by atoms with Crippen LogP contribution >= 0.6 is 23.4 Å². The van der Waals surface area contributed by atoms with Gasteiger partial charge in [-0.2, -0.15) is 5.26 Å². The molecule has 0 amide bonds. The number of nitrogens with zero attached hydrogens (tertiary/aromatic N) is 2. The molecule has 1 aliphatic heterocycles. The first kappa shape index (κ1) is 28.1. The molecule has 1 aliphatic carbocycles. The minimum Gasteiger partial charge on any atom is -0.384 e. The molecule has 2 N–H and O–H groups in total. The van der Waals surface area contributed by atoms with Crippen LogP contribution in [0.25, 0.3) is 0 Å². The van der Waals surface area contributed by atoms with Gasteiger partial charge in [0.2, 0.25) is 0 Å². The number of Topliss-reactive ketones (excluding diaryl/α,β-unsaturated/α-hetero) is 1. The average molecular weight is 568 g/mol. The molecule has 0 fully saturated rings. The molecule has 5 rings (SSSR count). The van der Waals surface area contributed by atoms with Crippen molar-refractivity contribution in [2.75, 3.05) is 4.90 Å². The second-order valence-corrected chi connectivity index (χ2v) is 13.2. The number of thioether (sulfide) groups is 1. The van der Waals surface area contributed by atoms with Crippen molar-refractivity contribution in [3.8, 4) is 6.07 Å². The zero-order valence-electron chi connectivity index (χ0n) is 23.6. The van der Waals surface area contributed by atoms with Crippen molar-refractivity contribution in [2.24, 2.45) is 11.1 Å². The number of anilines is 1. The minimum atomic E-state index is -0.495. The Balaban J connectivity index is 1.65. The number of aryl methyl sites for hydroxylation is 3. The van der Waals surface area contributed by atoms with Crippen LogP contribution in [-0.2, 0) is 10.5 Å². The molecule has 0 spiro atoms. The van der Waals surface area contributed by atoms with Gasteiger partial charge in [0.05, 0.1) is 17.6 Å². The zero-order chi connectivity index (χ0) is 28.8. The normalized spacial score (nSPS) is 18.6. The van der Waals surface area contributed by atoms with Crippen LogP contribution in [0.4, 0.5) is 5.69 Å². The van der Waals surface area contributed by atoms with Crippen molar-refractivity contribution in [3.05, 3.63) is 116 Å². The number of halogens is 1. The largest absolute Gasteiger partial charge is 0.384 e. The average Bonchev–Trinajstić information content (AvgIpc) is 2.89. The first-order valence-electron chi connectivity index (χ1n) is 13.5. The van der Waals surface area contributed by atoms with Crippen LogP contribution in [0.3, 0.4) is 0 Å². The number of ketones is 1. The maximum atomic E-state index is 14.0. The Kier molecular flexibility index (Phi) is 7.61. The van der Waals surface area contributed by atoms with Gasteiger partial charge in [0.15, 0.2) is 5.78 Å². The summed E-state index contributed by atoms with van der Waals surface area (Å²) < 4.78 is 0. The maximum absolute atomic E-state index is 14.0. The van der Waals surface area contributed by atoms with E-state index in [1.807, 2.05) is 60.4 Å². The fraction of sp³-hybridized carbons (Fsp3) is 0.294. The van der Waals surface area contributed by atoms with E-state index < -0.39 is 5.92 Å². The summed E-state index contributed by atoms with van der Waals surface area (Å²) in [6.07, 6.45) is 1.13. The Bertz CT molecular complexity index is 1590. The number of carbonyl (C=O) groups is 1. The smallest absolute Gasteiger partial charge is 0.162 e. The molecule has 4 nitrogen and oxygen atoms in total. The third-order valence-electron chi connectivity index (χ3n) is 7.92. The number of benzene rings is 3. The Hall–Kier alpha value is -3.46. The molecule has 1 unspecified atom stereocenters. The highest BCUT2D eigenvalue weighted by molar-refractivity contribution is 7.98. The molecule has 204 valence electrons. The summed E-state index contributed by atoms with van der Waals surface area (Å²) in [5.74, 6) is 0.755. The van der Waals surface area contributed by atoms with Crippen molar-refractivity contribution < 1.29 is 4.79 Å². The van der Waals surface area contributed by atoms with Crippen LogP contribution in [0, 0.1) is 37.5 Å². The maximum Gasteiger partial charge on any atom is 0.162 e. The molecule has 0 bridgehead atoms. The molecular formula is C34H34ClN3OS. The molecule has 3 aromatic rings. The summed E-state index contributed by atoms with van der Waals surface area (Å²) in [7, 11) is 0. The van der Waals surface area contributed by atoms with Crippen LogP contribution in [-0.4, -0.2) is 5.78 Å². The van der Waals surface area contributed by atoms with Gasteiger partial charge in [0.1, 0.15) is 5.82 Å². The van der Waals surface area contributed by atoms with Crippen LogP contribution in [0.2, 0.25) is 5.02 Å².